The number of halogens is 1. The summed E-state index contributed by atoms with van der Waals surface area (Å²) in [6.07, 6.45) is 4.59. The molecule has 0 aliphatic carbocycles. The van der Waals surface area contributed by atoms with Crippen molar-refractivity contribution in [3.05, 3.63) is 41.7 Å². The van der Waals surface area contributed by atoms with Gasteiger partial charge in [0.25, 0.3) is 0 Å². The van der Waals surface area contributed by atoms with Gasteiger partial charge in [-0.25, -0.2) is 4.39 Å². The van der Waals surface area contributed by atoms with E-state index in [1.54, 1.807) is 12.1 Å². The van der Waals surface area contributed by atoms with Crippen molar-refractivity contribution >= 4 is 11.5 Å². The Morgan fingerprint density at radius 1 is 1.41 bits per heavy atom. The van der Waals surface area contributed by atoms with E-state index in [4.69, 9.17) is 0 Å². The van der Waals surface area contributed by atoms with Gasteiger partial charge in [0.2, 0.25) is 5.91 Å². The molecular formula is C18H25FN2O. The largest absolute Gasteiger partial charge is 0.336 e. The molecule has 0 unspecified atom stereocenters. The number of carbonyl (C=O) groups is 1. The average Bonchev–Trinajstić information content (AvgIpc) is 2.53. The van der Waals surface area contributed by atoms with Gasteiger partial charge in [0.1, 0.15) is 5.82 Å². The molecule has 120 valence electrons. The SMILES string of the molecule is CCCN(C(=O)C=C(C)c1cccc(F)c1)C1CCNCC1. The minimum absolute atomic E-state index is 0.0375. The third-order valence-electron chi connectivity index (χ3n) is 4.12. The molecule has 4 heteroatoms. The van der Waals surface area contributed by atoms with E-state index in [9.17, 15) is 9.18 Å². The highest BCUT2D eigenvalue weighted by molar-refractivity contribution is 5.95. The maximum Gasteiger partial charge on any atom is 0.247 e. The van der Waals surface area contributed by atoms with Crippen molar-refractivity contribution in [1.29, 1.82) is 0 Å². The Morgan fingerprint density at radius 2 is 2.14 bits per heavy atom. The van der Waals surface area contributed by atoms with E-state index in [-0.39, 0.29) is 11.7 Å². The molecular weight excluding hydrogens is 279 g/mol. The third kappa shape index (κ3) is 4.41. The van der Waals surface area contributed by atoms with Crippen LogP contribution in [0.15, 0.2) is 30.3 Å². The summed E-state index contributed by atoms with van der Waals surface area (Å²) in [5, 5.41) is 3.33. The number of hydrogen-bond donors (Lipinski definition) is 1. The van der Waals surface area contributed by atoms with Gasteiger partial charge in [-0.15, -0.1) is 0 Å². The first-order chi connectivity index (χ1) is 10.6. The van der Waals surface area contributed by atoms with E-state index in [0.717, 1.165) is 50.0 Å². The molecule has 1 amide bonds. The van der Waals surface area contributed by atoms with E-state index < -0.39 is 0 Å². The third-order valence-corrected chi connectivity index (χ3v) is 4.12. The van der Waals surface area contributed by atoms with Crippen LogP contribution >= 0.6 is 0 Å². The zero-order chi connectivity index (χ0) is 15.9. The van der Waals surface area contributed by atoms with Crippen molar-refractivity contribution in [3.63, 3.8) is 0 Å². The number of nitrogens with one attached hydrogen (secondary N) is 1. The Kier molecular flexibility index (Phi) is 6.13. The quantitative estimate of drug-likeness (QED) is 0.847. The Labute approximate surface area is 132 Å². The van der Waals surface area contributed by atoms with E-state index in [1.807, 2.05) is 17.9 Å². The van der Waals surface area contributed by atoms with Crippen LogP contribution in [0.25, 0.3) is 5.57 Å². The van der Waals surface area contributed by atoms with Gasteiger partial charge in [-0.1, -0.05) is 19.1 Å². The fourth-order valence-electron chi connectivity index (χ4n) is 2.92. The van der Waals surface area contributed by atoms with Crippen LogP contribution in [-0.4, -0.2) is 36.5 Å². The molecule has 0 spiro atoms. The maximum atomic E-state index is 13.3. The molecule has 1 aliphatic heterocycles. The number of allylic oxidation sites excluding steroid dienone is 1. The van der Waals surface area contributed by atoms with Crippen molar-refractivity contribution in [2.75, 3.05) is 19.6 Å². The van der Waals surface area contributed by atoms with Crippen molar-refractivity contribution < 1.29 is 9.18 Å². The fraction of sp³-hybridized carbons (Fsp3) is 0.500. The van der Waals surface area contributed by atoms with Crippen LogP contribution in [-0.2, 0) is 4.79 Å². The molecule has 1 heterocycles. The van der Waals surface area contributed by atoms with Gasteiger partial charge < -0.3 is 10.2 Å². The summed E-state index contributed by atoms with van der Waals surface area (Å²) in [4.78, 5) is 14.6. The molecule has 0 aromatic heterocycles. The fourth-order valence-corrected chi connectivity index (χ4v) is 2.92. The molecule has 2 rings (SSSR count). The van der Waals surface area contributed by atoms with Crippen LogP contribution in [0.3, 0.4) is 0 Å². The van der Waals surface area contributed by atoms with E-state index in [0.29, 0.717) is 6.04 Å². The first kappa shape index (κ1) is 16.7. The number of amides is 1. The second-order valence-corrected chi connectivity index (χ2v) is 5.85. The molecule has 1 aromatic carbocycles. The Hall–Kier alpha value is -1.68. The number of benzene rings is 1. The topological polar surface area (TPSA) is 32.3 Å². The number of nitrogens with zero attached hydrogens (tertiary/aromatic N) is 1. The second kappa shape index (κ2) is 8.08. The van der Waals surface area contributed by atoms with Crippen LogP contribution in [0, 0.1) is 5.82 Å². The monoisotopic (exact) mass is 304 g/mol. The van der Waals surface area contributed by atoms with Crippen molar-refractivity contribution in [2.45, 2.75) is 39.2 Å². The lowest BCUT2D eigenvalue weighted by atomic mass is 10.0. The maximum absolute atomic E-state index is 13.3. The van der Waals surface area contributed by atoms with Gasteiger partial charge >= 0.3 is 0 Å². The highest BCUT2D eigenvalue weighted by Crippen LogP contribution is 2.18. The van der Waals surface area contributed by atoms with Crippen LogP contribution in [0.1, 0.15) is 38.7 Å². The van der Waals surface area contributed by atoms with Crippen LogP contribution < -0.4 is 5.32 Å². The predicted molar refractivity (Wildman–Crippen MR) is 87.9 cm³/mol. The standard InChI is InChI=1S/C18H25FN2O/c1-3-11-21(17-7-9-20-10-8-17)18(22)12-14(2)15-5-4-6-16(19)13-15/h4-6,12-13,17,20H,3,7-11H2,1-2H3. The van der Waals surface area contributed by atoms with Crippen molar-refractivity contribution in [1.82, 2.24) is 10.2 Å². The minimum Gasteiger partial charge on any atom is -0.336 e. The van der Waals surface area contributed by atoms with E-state index in [2.05, 4.69) is 12.2 Å². The lowest BCUT2D eigenvalue weighted by molar-refractivity contribution is -0.128. The van der Waals surface area contributed by atoms with Gasteiger partial charge in [-0.05, 0) is 62.5 Å². The molecule has 0 bridgehead atoms. The number of hydrogen-bond acceptors (Lipinski definition) is 2. The molecule has 1 saturated heterocycles. The average molecular weight is 304 g/mol. The summed E-state index contributed by atoms with van der Waals surface area (Å²) in [5.41, 5.74) is 1.56. The molecule has 1 aliphatic rings. The van der Waals surface area contributed by atoms with Crippen molar-refractivity contribution in [2.24, 2.45) is 0 Å². The number of carbonyl (C=O) groups excluding carboxylic acids is 1. The normalized spacial score (nSPS) is 16.6. The zero-order valence-corrected chi connectivity index (χ0v) is 13.4. The molecule has 0 radical (unpaired) electrons. The predicted octanol–water partition coefficient (Wildman–Crippen LogP) is 3.22. The lowest BCUT2D eigenvalue weighted by Crippen LogP contribution is -2.46. The van der Waals surface area contributed by atoms with Gasteiger partial charge in [-0.3, -0.25) is 4.79 Å². The lowest BCUT2D eigenvalue weighted by Gasteiger charge is -2.34. The molecule has 1 aromatic rings. The zero-order valence-electron chi connectivity index (χ0n) is 13.4. The van der Waals surface area contributed by atoms with Gasteiger partial charge in [-0.2, -0.15) is 0 Å². The smallest absolute Gasteiger partial charge is 0.247 e. The van der Waals surface area contributed by atoms with Gasteiger partial charge in [0.15, 0.2) is 0 Å². The summed E-state index contributed by atoms with van der Waals surface area (Å²) < 4.78 is 13.3. The van der Waals surface area contributed by atoms with Gasteiger partial charge in [0.05, 0.1) is 0 Å². The molecule has 1 fully saturated rings. The minimum atomic E-state index is -0.276. The molecule has 1 N–H and O–H groups in total. The summed E-state index contributed by atoms with van der Waals surface area (Å²) in [5.74, 6) is -0.239. The highest BCUT2D eigenvalue weighted by atomic mass is 19.1. The summed E-state index contributed by atoms with van der Waals surface area (Å²) in [6, 6.07) is 6.69. The van der Waals surface area contributed by atoms with Gasteiger partial charge in [0, 0.05) is 18.7 Å². The van der Waals surface area contributed by atoms with Crippen LogP contribution in [0.4, 0.5) is 4.39 Å². The van der Waals surface area contributed by atoms with Crippen LogP contribution in [0.5, 0.6) is 0 Å². The number of rotatable bonds is 5. The number of piperidine rings is 1. The van der Waals surface area contributed by atoms with E-state index in [1.165, 1.54) is 12.1 Å². The molecule has 3 nitrogen and oxygen atoms in total. The Balaban J connectivity index is 2.13. The summed E-state index contributed by atoms with van der Waals surface area (Å²) in [7, 11) is 0. The first-order valence-electron chi connectivity index (χ1n) is 8.07. The Bertz CT molecular complexity index is 536. The molecule has 0 atom stereocenters. The van der Waals surface area contributed by atoms with Crippen LogP contribution in [0.2, 0.25) is 0 Å². The van der Waals surface area contributed by atoms with Crippen molar-refractivity contribution in [3.8, 4) is 0 Å². The second-order valence-electron chi connectivity index (χ2n) is 5.85. The highest BCUT2D eigenvalue weighted by Gasteiger charge is 2.23. The molecule has 22 heavy (non-hydrogen) atoms. The summed E-state index contributed by atoms with van der Waals surface area (Å²) >= 11 is 0. The first-order valence-corrected chi connectivity index (χ1v) is 8.07. The summed E-state index contributed by atoms with van der Waals surface area (Å²) in [6.45, 7) is 6.65. The molecule has 0 saturated carbocycles. The van der Waals surface area contributed by atoms with E-state index >= 15 is 0 Å². The Morgan fingerprint density at radius 3 is 2.77 bits per heavy atom.